The highest BCUT2D eigenvalue weighted by Crippen LogP contribution is 2.34. The molecule has 0 spiro atoms. The van der Waals surface area contributed by atoms with E-state index in [0.29, 0.717) is 5.75 Å². The number of ether oxygens (including phenoxy) is 2. The summed E-state index contributed by atoms with van der Waals surface area (Å²) in [4.78, 5) is 9.61. The van der Waals surface area contributed by atoms with E-state index in [1.165, 1.54) is 29.4 Å². The van der Waals surface area contributed by atoms with Gasteiger partial charge in [0.1, 0.15) is 10.6 Å². The zero-order chi connectivity index (χ0) is 18.5. The highest BCUT2D eigenvalue weighted by molar-refractivity contribution is 8.04. The summed E-state index contributed by atoms with van der Waals surface area (Å²) < 4.78 is 61.8. The van der Waals surface area contributed by atoms with Gasteiger partial charge in [-0.1, -0.05) is 32.8 Å². The minimum Gasteiger partial charge on any atom is -0.493 e. The van der Waals surface area contributed by atoms with Crippen LogP contribution in [0.2, 0.25) is 0 Å². The number of rotatable bonds is 7. The first-order valence-electron chi connectivity index (χ1n) is 6.56. The van der Waals surface area contributed by atoms with E-state index in [1.807, 2.05) is 0 Å². The maximum absolute atomic E-state index is 12.3. The molecule has 2 rings (SSSR count). The number of isocyanates is 1. The lowest BCUT2D eigenvalue weighted by atomic mass is 10.3. The Morgan fingerprint density at radius 1 is 0.920 bits per heavy atom. The third-order valence-corrected chi connectivity index (χ3v) is 5.75. The van der Waals surface area contributed by atoms with Gasteiger partial charge in [-0.05, 0) is 24.3 Å². The first kappa shape index (κ1) is 18.6. The Kier molecular flexibility index (Phi) is 5.55. The maximum atomic E-state index is 12.3. The lowest BCUT2D eigenvalue weighted by Crippen LogP contribution is -2.29. The molecule has 2 aromatic carbocycles. The van der Waals surface area contributed by atoms with Crippen molar-refractivity contribution in [3.05, 3.63) is 48.5 Å². The molecule has 2 aromatic rings. The summed E-state index contributed by atoms with van der Waals surface area (Å²) in [5.41, 5.74) is 0. The number of hydrogen-bond donors (Lipinski definition) is 1. The minimum absolute atomic E-state index is 0.148. The molecule has 0 saturated carbocycles. The Hall–Kier alpha value is -2.72. The second kappa shape index (κ2) is 7.45. The smallest absolute Gasteiger partial charge is 0.343 e. The summed E-state index contributed by atoms with van der Waals surface area (Å²) in [5, 5.41) is 0. The van der Waals surface area contributed by atoms with Crippen molar-refractivity contribution in [1.29, 1.82) is 0 Å². The summed E-state index contributed by atoms with van der Waals surface area (Å²) >= 11 is 0. The van der Waals surface area contributed by atoms with Gasteiger partial charge in [-0.3, -0.25) is 0 Å². The predicted octanol–water partition coefficient (Wildman–Crippen LogP) is 1.35. The van der Waals surface area contributed by atoms with Crippen molar-refractivity contribution in [3.63, 3.8) is 0 Å². The molecule has 0 aliphatic carbocycles. The molecule has 0 aromatic heterocycles. The monoisotopic (exact) mass is 384 g/mol. The van der Waals surface area contributed by atoms with Gasteiger partial charge in [0.2, 0.25) is 0 Å². The molecule has 0 saturated heterocycles. The van der Waals surface area contributed by atoms with Gasteiger partial charge in [0.15, 0.2) is 11.5 Å². The quantitative estimate of drug-likeness (QED) is 0.563. The fourth-order valence-corrected chi connectivity index (χ4v) is 4.18. The lowest BCUT2D eigenvalue weighted by molar-refractivity contribution is 0.375. The van der Waals surface area contributed by atoms with E-state index in [-0.39, 0.29) is 11.5 Å². The topological polar surface area (TPSA) is 128 Å². The van der Waals surface area contributed by atoms with Crippen molar-refractivity contribution >= 4 is 26.3 Å². The fraction of sp³-hybridized carbons (Fsp3) is 0.0714. The van der Waals surface area contributed by atoms with Gasteiger partial charge < -0.3 is 9.47 Å². The van der Waals surface area contributed by atoms with E-state index in [2.05, 4.69) is 4.40 Å². The Morgan fingerprint density at radius 2 is 1.48 bits per heavy atom. The largest absolute Gasteiger partial charge is 0.493 e. The highest BCUT2D eigenvalue weighted by Gasteiger charge is 2.26. The van der Waals surface area contributed by atoms with Gasteiger partial charge in [0.25, 0.3) is 16.1 Å². The van der Waals surface area contributed by atoms with E-state index in [9.17, 15) is 21.6 Å². The van der Waals surface area contributed by atoms with Crippen LogP contribution in [0.5, 0.6) is 17.2 Å². The van der Waals surface area contributed by atoms with Crippen molar-refractivity contribution in [1.82, 2.24) is 4.13 Å². The van der Waals surface area contributed by atoms with Crippen LogP contribution >= 0.6 is 0 Å². The number of benzene rings is 2. The Balaban J connectivity index is 2.46. The Morgan fingerprint density at radius 3 is 2.08 bits per heavy atom. The van der Waals surface area contributed by atoms with E-state index < -0.39 is 25.1 Å². The molecular weight excluding hydrogens is 372 g/mol. The zero-order valence-electron chi connectivity index (χ0n) is 12.7. The number of nitrogens with zero attached hydrogens (tertiary/aromatic N) is 1. The minimum atomic E-state index is -4.76. The van der Waals surface area contributed by atoms with Gasteiger partial charge in [0.05, 0.1) is 7.11 Å². The van der Waals surface area contributed by atoms with E-state index in [4.69, 9.17) is 9.47 Å². The molecule has 11 heteroatoms. The van der Waals surface area contributed by atoms with Gasteiger partial charge in [-0.25, -0.2) is 13.2 Å². The molecule has 0 aliphatic rings. The lowest BCUT2D eigenvalue weighted by Gasteiger charge is -2.13. The maximum Gasteiger partial charge on any atom is 0.343 e. The molecule has 0 radical (unpaired) electrons. The van der Waals surface area contributed by atoms with Crippen molar-refractivity contribution in [2.75, 3.05) is 7.11 Å². The summed E-state index contributed by atoms with van der Waals surface area (Å²) in [7, 11) is -7.93. The average Bonchev–Trinajstić information content (AvgIpc) is 2.54. The van der Waals surface area contributed by atoms with Crippen LogP contribution in [-0.4, -0.2) is 30.0 Å². The van der Waals surface area contributed by atoms with Crippen molar-refractivity contribution in [2.24, 2.45) is 4.40 Å². The van der Waals surface area contributed by atoms with Gasteiger partial charge in [-0.15, -0.1) is 0 Å². The van der Waals surface area contributed by atoms with E-state index in [1.54, 1.807) is 24.3 Å². The van der Waals surface area contributed by atoms with Crippen molar-refractivity contribution in [3.8, 4) is 17.2 Å². The summed E-state index contributed by atoms with van der Waals surface area (Å²) in [6.07, 6.45) is 0.764. The van der Waals surface area contributed by atoms with Crippen LogP contribution in [0.15, 0.2) is 57.8 Å². The number of methoxy groups -OCH3 is 1. The Labute approximate surface area is 144 Å². The van der Waals surface area contributed by atoms with E-state index >= 15 is 0 Å². The molecule has 1 N–H and O–H groups in total. The van der Waals surface area contributed by atoms with Gasteiger partial charge >= 0.3 is 10.2 Å². The van der Waals surface area contributed by atoms with Crippen molar-refractivity contribution in [2.45, 2.75) is 4.90 Å². The van der Waals surface area contributed by atoms with E-state index in [0.717, 1.165) is 12.1 Å². The normalized spacial score (nSPS) is 11.4. The van der Waals surface area contributed by atoms with Crippen LogP contribution in [0.3, 0.4) is 0 Å². The first-order valence-corrected chi connectivity index (χ1v) is 9.49. The van der Waals surface area contributed by atoms with Crippen LogP contribution in [0.25, 0.3) is 0 Å². The summed E-state index contributed by atoms with van der Waals surface area (Å²) in [6.45, 7) is 0. The molecule has 0 aliphatic heterocycles. The number of sulfonamides is 1. The van der Waals surface area contributed by atoms with Crippen LogP contribution in [-0.2, 0) is 25.0 Å². The average molecular weight is 384 g/mol. The fourth-order valence-electron chi connectivity index (χ4n) is 1.83. The van der Waals surface area contributed by atoms with Gasteiger partial charge in [-0.2, -0.15) is 8.42 Å². The van der Waals surface area contributed by atoms with Gasteiger partial charge in [0, 0.05) is 0 Å². The second-order valence-corrected chi connectivity index (χ2v) is 7.69. The molecule has 0 atom stereocenters. The standard InChI is InChI=1S/C14H12N2O7S2/c1-22-11-6-2-3-7-12(11)23-13-8-4-5-9-14(13)24(18,19)16-25(20,21)15-10-17/h2-9,16H,1H3. The Bertz CT molecular complexity index is 1030. The van der Waals surface area contributed by atoms with Crippen LogP contribution in [0.4, 0.5) is 0 Å². The summed E-state index contributed by atoms with van der Waals surface area (Å²) in [5.74, 6) is 0.423. The third-order valence-electron chi connectivity index (χ3n) is 2.80. The zero-order valence-corrected chi connectivity index (χ0v) is 14.4. The van der Waals surface area contributed by atoms with Crippen LogP contribution < -0.4 is 13.6 Å². The van der Waals surface area contributed by atoms with Crippen LogP contribution in [0.1, 0.15) is 0 Å². The SMILES string of the molecule is COc1ccccc1Oc1ccccc1S(=O)(=O)NS(=O)(=O)N=C=O. The molecule has 0 heterocycles. The highest BCUT2D eigenvalue weighted by atomic mass is 32.3. The second-order valence-electron chi connectivity index (χ2n) is 4.44. The molecule has 0 bridgehead atoms. The number of hydrogen-bond acceptors (Lipinski definition) is 7. The van der Waals surface area contributed by atoms with Crippen LogP contribution in [0, 0.1) is 0 Å². The molecule has 0 unspecified atom stereocenters. The molecule has 0 fully saturated rings. The number of para-hydroxylation sites is 3. The molecule has 9 nitrogen and oxygen atoms in total. The molecule has 0 amide bonds. The number of carbonyl (C=O) groups excluding carboxylic acids is 1. The molecular formula is C14H12N2O7S2. The molecule has 132 valence electrons. The third kappa shape index (κ3) is 4.64. The molecule has 25 heavy (non-hydrogen) atoms. The first-order chi connectivity index (χ1) is 11.8. The van der Waals surface area contributed by atoms with Crippen molar-refractivity contribution < 1.29 is 31.1 Å². The summed E-state index contributed by atoms with van der Waals surface area (Å²) in [6, 6.07) is 11.8. The predicted molar refractivity (Wildman–Crippen MR) is 86.9 cm³/mol. The number of nitrogens with one attached hydrogen (secondary N) is 1.